The van der Waals surface area contributed by atoms with Gasteiger partial charge in [-0.25, -0.2) is 14.2 Å². The molecule has 0 bridgehead atoms. The van der Waals surface area contributed by atoms with Gasteiger partial charge in [-0.3, -0.25) is 5.32 Å². The van der Waals surface area contributed by atoms with Crippen LogP contribution in [0.1, 0.15) is 25.5 Å². The van der Waals surface area contributed by atoms with E-state index >= 15 is 0 Å². The average Bonchev–Trinajstić information content (AvgIpc) is 2.55. The molecule has 1 heterocycles. The van der Waals surface area contributed by atoms with Gasteiger partial charge in [0, 0.05) is 12.7 Å². The Labute approximate surface area is 141 Å². The number of aliphatic hydroxyl groups excluding tert-OH is 1. The lowest BCUT2D eigenvalue weighted by atomic mass is 10.1. The fourth-order valence-corrected chi connectivity index (χ4v) is 2.31. The Morgan fingerprint density at radius 2 is 1.92 bits per heavy atom. The first-order chi connectivity index (χ1) is 11.5. The number of nitrogens with one attached hydrogen (secondary N) is 1. The van der Waals surface area contributed by atoms with Crippen molar-refractivity contribution in [3.05, 3.63) is 60.0 Å². The van der Waals surface area contributed by atoms with Crippen molar-refractivity contribution < 1.29 is 14.3 Å². The number of aromatic nitrogens is 1. The summed E-state index contributed by atoms with van der Waals surface area (Å²) in [6.45, 7) is 4.58. The fourth-order valence-electron chi connectivity index (χ4n) is 2.31. The molecule has 2 N–H and O–H groups in total. The van der Waals surface area contributed by atoms with Crippen LogP contribution in [0.3, 0.4) is 0 Å². The van der Waals surface area contributed by atoms with E-state index in [-0.39, 0.29) is 24.3 Å². The smallest absolute Gasteiger partial charge is 0.323 e. The Morgan fingerprint density at radius 3 is 2.50 bits per heavy atom. The first kappa shape index (κ1) is 17.9. The van der Waals surface area contributed by atoms with Gasteiger partial charge in [-0.1, -0.05) is 32.0 Å². The van der Waals surface area contributed by atoms with Crippen LogP contribution < -0.4 is 5.32 Å². The summed E-state index contributed by atoms with van der Waals surface area (Å²) < 4.78 is 13.0. The van der Waals surface area contributed by atoms with E-state index in [1.807, 2.05) is 13.8 Å². The van der Waals surface area contributed by atoms with Gasteiger partial charge in [-0.05, 0) is 35.7 Å². The minimum absolute atomic E-state index is 0.114. The Kier molecular flexibility index (Phi) is 6.26. The number of hydrogen-bond acceptors (Lipinski definition) is 3. The van der Waals surface area contributed by atoms with E-state index < -0.39 is 6.10 Å². The average molecular weight is 331 g/mol. The van der Waals surface area contributed by atoms with Gasteiger partial charge in [0.05, 0.1) is 12.6 Å². The number of halogens is 1. The molecule has 2 rings (SSSR count). The number of carbonyl (C=O) groups is 1. The van der Waals surface area contributed by atoms with Gasteiger partial charge >= 0.3 is 6.03 Å². The number of aliphatic hydroxyl groups is 1. The summed E-state index contributed by atoms with van der Waals surface area (Å²) in [5.41, 5.74) is 0.566. The van der Waals surface area contributed by atoms with E-state index in [0.29, 0.717) is 17.9 Å². The second-order valence-corrected chi connectivity index (χ2v) is 6.01. The van der Waals surface area contributed by atoms with Gasteiger partial charge in [-0.2, -0.15) is 0 Å². The highest BCUT2D eigenvalue weighted by Crippen LogP contribution is 2.16. The summed E-state index contributed by atoms with van der Waals surface area (Å²) in [6.07, 6.45) is 0.703. The molecule has 24 heavy (non-hydrogen) atoms. The Morgan fingerprint density at radius 1 is 1.21 bits per heavy atom. The summed E-state index contributed by atoms with van der Waals surface area (Å²) in [6, 6.07) is 10.5. The Bertz CT molecular complexity index is 647. The SMILES string of the molecule is CC(C)CN(CC(O)c1ccc(F)cc1)C(=O)Nc1ccccn1. The molecule has 0 fully saturated rings. The number of pyridine rings is 1. The van der Waals surface area contributed by atoms with E-state index in [2.05, 4.69) is 10.3 Å². The molecule has 2 aromatic rings. The lowest BCUT2D eigenvalue weighted by Gasteiger charge is -2.27. The highest BCUT2D eigenvalue weighted by Gasteiger charge is 2.20. The first-order valence-corrected chi connectivity index (χ1v) is 7.86. The quantitative estimate of drug-likeness (QED) is 0.852. The number of amides is 2. The maximum Gasteiger partial charge on any atom is 0.323 e. The molecule has 0 aliphatic carbocycles. The highest BCUT2D eigenvalue weighted by molar-refractivity contribution is 5.88. The van der Waals surface area contributed by atoms with Crippen LogP contribution in [0.4, 0.5) is 15.0 Å². The van der Waals surface area contributed by atoms with E-state index in [1.54, 1.807) is 24.4 Å². The molecule has 0 saturated carbocycles. The van der Waals surface area contributed by atoms with Gasteiger partial charge in [-0.15, -0.1) is 0 Å². The first-order valence-electron chi connectivity index (χ1n) is 7.86. The molecule has 2 amide bonds. The number of rotatable bonds is 6. The Balaban J connectivity index is 2.06. The second kappa shape index (κ2) is 8.40. The van der Waals surface area contributed by atoms with Crippen molar-refractivity contribution in [3.63, 3.8) is 0 Å². The van der Waals surface area contributed by atoms with Crippen molar-refractivity contribution in [1.82, 2.24) is 9.88 Å². The molecular formula is C18H22FN3O2. The minimum Gasteiger partial charge on any atom is -0.387 e. The van der Waals surface area contributed by atoms with Crippen LogP contribution in [-0.4, -0.2) is 34.1 Å². The zero-order chi connectivity index (χ0) is 17.5. The van der Waals surface area contributed by atoms with Gasteiger partial charge in [0.15, 0.2) is 0 Å². The molecule has 1 unspecified atom stereocenters. The third-order valence-corrected chi connectivity index (χ3v) is 3.42. The molecule has 0 radical (unpaired) electrons. The molecular weight excluding hydrogens is 309 g/mol. The van der Waals surface area contributed by atoms with Crippen LogP contribution in [0.5, 0.6) is 0 Å². The summed E-state index contributed by atoms with van der Waals surface area (Å²) in [5, 5.41) is 13.1. The second-order valence-electron chi connectivity index (χ2n) is 6.01. The monoisotopic (exact) mass is 331 g/mol. The summed E-state index contributed by atoms with van der Waals surface area (Å²) in [5.74, 6) is 0.324. The summed E-state index contributed by atoms with van der Waals surface area (Å²) >= 11 is 0. The van der Waals surface area contributed by atoms with Crippen LogP contribution in [0.25, 0.3) is 0 Å². The topological polar surface area (TPSA) is 65.5 Å². The molecule has 5 nitrogen and oxygen atoms in total. The summed E-state index contributed by atoms with van der Waals surface area (Å²) in [4.78, 5) is 18.1. The highest BCUT2D eigenvalue weighted by atomic mass is 19.1. The molecule has 1 aromatic carbocycles. The molecule has 0 spiro atoms. The van der Waals surface area contributed by atoms with Crippen molar-refractivity contribution in [2.75, 3.05) is 18.4 Å². The molecule has 6 heteroatoms. The van der Waals surface area contributed by atoms with Crippen molar-refractivity contribution in [2.45, 2.75) is 20.0 Å². The van der Waals surface area contributed by atoms with Gasteiger partial charge < -0.3 is 10.0 Å². The molecule has 0 saturated heterocycles. The molecule has 0 aliphatic rings. The number of anilines is 1. The Hall–Kier alpha value is -2.47. The van der Waals surface area contributed by atoms with Gasteiger partial charge in [0.1, 0.15) is 11.6 Å². The third kappa shape index (κ3) is 5.31. The summed E-state index contributed by atoms with van der Waals surface area (Å²) in [7, 11) is 0. The van der Waals surface area contributed by atoms with E-state index in [0.717, 1.165) is 0 Å². The van der Waals surface area contributed by atoms with Crippen LogP contribution in [0.2, 0.25) is 0 Å². The molecule has 1 aromatic heterocycles. The largest absolute Gasteiger partial charge is 0.387 e. The minimum atomic E-state index is -0.890. The lowest BCUT2D eigenvalue weighted by molar-refractivity contribution is 0.121. The van der Waals surface area contributed by atoms with Gasteiger partial charge in [0.25, 0.3) is 0 Å². The number of carbonyl (C=O) groups excluding carboxylic acids is 1. The molecule has 1 atom stereocenters. The van der Waals surface area contributed by atoms with Crippen LogP contribution in [0, 0.1) is 11.7 Å². The number of nitrogens with zero attached hydrogens (tertiary/aromatic N) is 2. The van der Waals surface area contributed by atoms with Crippen LogP contribution >= 0.6 is 0 Å². The zero-order valence-electron chi connectivity index (χ0n) is 13.8. The van der Waals surface area contributed by atoms with E-state index in [4.69, 9.17) is 0 Å². The predicted molar refractivity (Wildman–Crippen MR) is 91.0 cm³/mol. The van der Waals surface area contributed by atoms with Crippen molar-refractivity contribution >= 4 is 11.8 Å². The van der Waals surface area contributed by atoms with Crippen molar-refractivity contribution in [3.8, 4) is 0 Å². The fraction of sp³-hybridized carbons (Fsp3) is 0.333. The third-order valence-electron chi connectivity index (χ3n) is 3.42. The van der Waals surface area contributed by atoms with Crippen molar-refractivity contribution in [2.24, 2.45) is 5.92 Å². The maximum absolute atomic E-state index is 13.0. The van der Waals surface area contributed by atoms with E-state index in [1.165, 1.54) is 29.2 Å². The standard InChI is InChI=1S/C18H22FN3O2/c1-13(2)11-22(18(24)21-17-5-3-4-10-20-17)12-16(23)14-6-8-15(19)9-7-14/h3-10,13,16,23H,11-12H2,1-2H3,(H,20,21,24). The normalized spacial score (nSPS) is 12.0. The van der Waals surface area contributed by atoms with Crippen LogP contribution in [-0.2, 0) is 0 Å². The lowest BCUT2D eigenvalue weighted by Crippen LogP contribution is -2.40. The number of hydrogen-bond donors (Lipinski definition) is 2. The maximum atomic E-state index is 13.0. The van der Waals surface area contributed by atoms with Crippen molar-refractivity contribution in [1.29, 1.82) is 0 Å². The van der Waals surface area contributed by atoms with Crippen LogP contribution in [0.15, 0.2) is 48.7 Å². The molecule has 128 valence electrons. The number of urea groups is 1. The van der Waals surface area contributed by atoms with Gasteiger partial charge in [0.2, 0.25) is 0 Å². The number of benzene rings is 1. The predicted octanol–water partition coefficient (Wildman–Crippen LogP) is 3.44. The molecule has 0 aliphatic heterocycles. The zero-order valence-corrected chi connectivity index (χ0v) is 13.8. The van der Waals surface area contributed by atoms with E-state index in [9.17, 15) is 14.3 Å².